The monoisotopic (exact) mass is 248 g/mol. The summed E-state index contributed by atoms with van der Waals surface area (Å²) in [7, 11) is 1.59. The molecule has 1 fully saturated rings. The van der Waals surface area contributed by atoms with Crippen molar-refractivity contribution < 1.29 is 9.53 Å². The number of benzene rings is 1. The third-order valence-corrected chi connectivity index (χ3v) is 3.43. The van der Waals surface area contributed by atoms with Crippen molar-refractivity contribution in [2.75, 3.05) is 25.9 Å². The molecule has 4 heteroatoms. The van der Waals surface area contributed by atoms with E-state index in [4.69, 9.17) is 10.5 Å². The van der Waals surface area contributed by atoms with Crippen LogP contribution in [-0.2, 0) is 0 Å². The Kier molecular flexibility index (Phi) is 3.75. The number of carbonyl (C=O) groups excluding carboxylic acids is 1. The average Bonchev–Trinajstić information content (AvgIpc) is 2.37. The Labute approximate surface area is 108 Å². The highest BCUT2D eigenvalue weighted by Gasteiger charge is 2.23. The molecule has 0 bridgehead atoms. The maximum absolute atomic E-state index is 12.4. The van der Waals surface area contributed by atoms with Gasteiger partial charge < -0.3 is 15.4 Å². The van der Waals surface area contributed by atoms with E-state index in [1.165, 1.54) is 6.42 Å². The predicted octanol–water partition coefficient (Wildman–Crippen LogP) is 2.15. The molecule has 0 saturated carbocycles. The van der Waals surface area contributed by atoms with Crippen LogP contribution in [0.5, 0.6) is 5.75 Å². The number of ether oxygens (including phenoxy) is 1. The van der Waals surface area contributed by atoms with E-state index in [0.717, 1.165) is 19.5 Å². The molecule has 1 aliphatic rings. The summed E-state index contributed by atoms with van der Waals surface area (Å²) in [6.45, 7) is 3.83. The number of amides is 1. The average molecular weight is 248 g/mol. The van der Waals surface area contributed by atoms with E-state index in [9.17, 15) is 4.79 Å². The second kappa shape index (κ2) is 5.29. The van der Waals surface area contributed by atoms with Gasteiger partial charge in [0.1, 0.15) is 5.75 Å². The molecule has 1 aliphatic heterocycles. The minimum atomic E-state index is 0.0294. The van der Waals surface area contributed by atoms with Crippen LogP contribution in [0.15, 0.2) is 18.2 Å². The van der Waals surface area contributed by atoms with E-state index < -0.39 is 0 Å². The molecule has 18 heavy (non-hydrogen) atoms. The van der Waals surface area contributed by atoms with Crippen LogP contribution in [0.4, 0.5) is 5.69 Å². The molecule has 1 aromatic carbocycles. The first kappa shape index (κ1) is 12.7. The molecule has 4 nitrogen and oxygen atoms in total. The highest BCUT2D eigenvalue weighted by Crippen LogP contribution is 2.23. The van der Waals surface area contributed by atoms with Gasteiger partial charge in [-0.1, -0.05) is 6.92 Å². The van der Waals surface area contributed by atoms with Gasteiger partial charge in [0.05, 0.1) is 12.7 Å². The number of hydrogen-bond donors (Lipinski definition) is 1. The number of nitrogens with zero attached hydrogens (tertiary/aromatic N) is 1. The highest BCUT2D eigenvalue weighted by atomic mass is 16.5. The number of piperidine rings is 1. The summed E-state index contributed by atoms with van der Waals surface area (Å²) < 4.78 is 5.09. The number of hydrogen-bond acceptors (Lipinski definition) is 3. The Bertz CT molecular complexity index is 445. The molecule has 0 radical (unpaired) electrons. The zero-order valence-corrected chi connectivity index (χ0v) is 11.0. The van der Waals surface area contributed by atoms with E-state index in [1.807, 2.05) is 4.90 Å². The van der Waals surface area contributed by atoms with Crippen LogP contribution in [0.1, 0.15) is 30.1 Å². The molecule has 1 atom stereocenters. The molecular weight excluding hydrogens is 228 g/mol. The Hall–Kier alpha value is -1.71. The fourth-order valence-corrected chi connectivity index (χ4v) is 2.41. The maximum Gasteiger partial charge on any atom is 0.255 e. The van der Waals surface area contributed by atoms with Gasteiger partial charge in [0.2, 0.25) is 0 Å². The van der Waals surface area contributed by atoms with Crippen LogP contribution in [0.2, 0.25) is 0 Å². The molecule has 98 valence electrons. The third-order valence-electron chi connectivity index (χ3n) is 3.43. The highest BCUT2D eigenvalue weighted by molar-refractivity contribution is 5.99. The van der Waals surface area contributed by atoms with E-state index in [-0.39, 0.29) is 5.91 Å². The lowest BCUT2D eigenvalue weighted by Crippen LogP contribution is -2.39. The summed E-state index contributed by atoms with van der Waals surface area (Å²) in [5, 5.41) is 0. The number of nitrogen functional groups attached to an aromatic ring is 1. The molecular formula is C14H20N2O2. The molecule has 1 heterocycles. The van der Waals surface area contributed by atoms with Gasteiger partial charge in [0.15, 0.2) is 0 Å². The minimum absolute atomic E-state index is 0.0294. The summed E-state index contributed by atoms with van der Waals surface area (Å²) in [6, 6.07) is 5.22. The standard InChI is InChI=1S/C14H20N2O2/c1-10-4-3-7-16(9-10)14(17)12-6-5-11(18-2)8-13(12)15/h5-6,8,10H,3-4,7,9,15H2,1-2H3. The second-order valence-corrected chi connectivity index (χ2v) is 4.95. The summed E-state index contributed by atoms with van der Waals surface area (Å²) in [4.78, 5) is 14.3. The van der Waals surface area contributed by atoms with Crippen molar-refractivity contribution in [3.63, 3.8) is 0 Å². The molecule has 0 aliphatic carbocycles. The zero-order valence-electron chi connectivity index (χ0n) is 11.0. The smallest absolute Gasteiger partial charge is 0.255 e. The lowest BCUT2D eigenvalue weighted by atomic mass is 9.99. The second-order valence-electron chi connectivity index (χ2n) is 4.95. The molecule has 2 rings (SSSR count). The molecule has 0 spiro atoms. The molecule has 1 saturated heterocycles. The van der Waals surface area contributed by atoms with Crippen molar-refractivity contribution >= 4 is 11.6 Å². The predicted molar refractivity (Wildman–Crippen MR) is 71.7 cm³/mol. The van der Waals surface area contributed by atoms with Crippen LogP contribution >= 0.6 is 0 Å². The first-order valence-corrected chi connectivity index (χ1v) is 6.34. The van der Waals surface area contributed by atoms with E-state index >= 15 is 0 Å². The largest absolute Gasteiger partial charge is 0.497 e. The zero-order chi connectivity index (χ0) is 13.1. The molecule has 1 amide bonds. The van der Waals surface area contributed by atoms with Crippen LogP contribution in [0.3, 0.4) is 0 Å². The molecule has 1 aromatic rings. The Morgan fingerprint density at radius 2 is 2.28 bits per heavy atom. The van der Waals surface area contributed by atoms with Crippen LogP contribution < -0.4 is 10.5 Å². The van der Waals surface area contributed by atoms with Crippen molar-refractivity contribution in [3.05, 3.63) is 23.8 Å². The van der Waals surface area contributed by atoms with Crippen LogP contribution in [0, 0.1) is 5.92 Å². The van der Waals surface area contributed by atoms with Gasteiger partial charge >= 0.3 is 0 Å². The number of anilines is 1. The van der Waals surface area contributed by atoms with Gasteiger partial charge in [-0.3, -0.25) is 4.79 Å². The molecule has 0 aromatic heterocycles. The Morgan fingerprint density at radius 1 is 1.50 bits per heavy atom. The van der Waals surface area contributed by atoms with Gasteiger partial charge in [-0.25, -0.2) is 0 Å². The molecule has 2 N–H and O–H groups in total. The minimum Gasteiger partial charge on any atom is -0.497 e. The topological polar surface area (TPSA) is 55.6 Å². The lowest BCUT2D eigenvalue weighted by molar-refractivity contribution is 0.0684. The van der Waals surface area contributed by atoms with Crippen molar-refractivity contribution in [1.29, 1.82) is 0 Å². The molecule has 1 unspecified atom stereocenters. The number of carbonyl (C=O) groups is 1. The fourth-order valence-electron chi connectivity index (χ4n) is 2.41. The summed E-state index contributed by atoms with van der Waals surface area (Å²) in [6.07, 6.45) is 2.27. The van der Waals surface area contributed by atoms with Gasteiger partial charge in [0.25, 0.3) is 5.91 Å². The van der Waals surface area contributed by atoms with Crippen molar-refractivity contribution in [2.24, 2.45) is 5.92 Å². The van der Waals surface area contributed by atoms with E-state index in [2.05, 4.69) is 6.92 Å². The third kappa shape index (κ3) is 2.58. The SMILES string of the molecule is COc1ccc(C(=O)N2CCCC(C)C2)c(N)c1. The van der Waals surface area contributed by atoms with E-state index in [0.29, 0.717) is 22.9 Å². The first-order chi connectivity index (χ1) is 8.61. The van der Waals surface area contributed by atoms with Crippen molar-refractivity contribution in [1.82, 2.24) is 4.90 Å². The van der Waals surface area contributed by atoms with Crippen LogP contribution in [-0.4, -0.2) is 31.0 Å². The van der Waals surface area contributed by atoms with Crippen molar-refractivity contribution in [3.8, 4) is 5.75 Å². The van der Waals surface area contributed by atoms with E-state index in [1.54, 1.807) is 25.3 Å². The van der Waals surface area contributed by atoms with Gasteiger partial charge in [-0.15, -0.1) is 0 Å². The number of likely N-dealkylation sites (tertiary alicyclic amines) is 1. The summed E-state index contributed by atoms with van der Waals surface area (Å²) in [5.41, 5.74) is 6.97. The first-order valence-electron chi connectivity index (χ1n) is 6.34. The fraction of sp³-hybridized carbons (Fsp3) is 0.500. The Balaban J connectivity index is 2.17. The quantitative estimate of drug-likeness (QED) is 0.816. The van der Waals surface area contributed by atoms with Crippen LogP contribution in [0.25, 0.3) is 0 Å². The maximum atomic E-state index is 12.4. The normalized spacial score (nSPS) is 19.7. The lowest BCUT2D eigenvalue weighted by Gasteiger charge is -2.31. The Morgan fingerprint density at radius 3 is 2.89 bits per heavy atom. The number of nitrogens with two attached hydrogens (primary N) is 1. The van der Waals surface area contributed by atoms with Gasteiger partial charge in [-0.2, -0.15) is 0 Å². The van der Waals surface area contributed by atoms with Gasteiger partial charge in [-0.05, 0) is 30.9 Å². The number of rotatable bonds is 2. The number of methoxy groups -OCH3 is 1. The van der Waals surface area contributed by atoms with Crippen molar-refractivity contribution in [2.45, 2.75) is 19.8 Å². The summed E-state index contributed by atoms with van der Waals surface area (Å²) in [5.74, 6) is 1.28. The summed E-state index contributed by atoms with van der Waals surface area (Å²) >= 11 is 0. The van der Waals surface area contributed by atoms with Gasteiger partial charge in [0, 0.05) is 24.8 Å².